The van der Waals surface area contributed by atoms with Crippen LogP contribution in [-0.4, -0.2) is 32.1 Å². The van der Waals surface area contributed by atoms with Gasteiger partial charge in [-0.05, 0) is 58.3 Å². The van der Waals surface area contributed by atoms with E-state index >= 15 is 0 Å². The van der Waals surface area contributed by atoms with Gasteiger partial charge in [-0.2, -0.15) is 0 Å². The summed E-state index contributed by atoms with van der Waals surface area (Å²) in [7, 11) is 3.72. The summed E-state index contributed by atoms with van der Waals surface area (Å²) in [6, 6.07) is 21.2. The van der Waals surface area contributed by atoms with Gasteiger partial charge in [-0.1, -0.05) is 99.5 Å². The van der Waals surface area contributed by atoms with Gasteiger partial charge in [-0.3, -0.25) is 0 Å². The van der Waals surface area contributed by atoms with Crippen LogP contribution in [-0.2, 0) is 0 Å². The summed E-state index contributed by atoms with van der Waals surface area (Å²) in [4.78, 5) is 2.43. The Morgan fingerprint density at radius 1 is 1.00 bits per heavy atom. The molecule has 2 aromatic carbocycles. The number of allylic oxidation sites excluding steroid dienone is 1. The Morgan fingerprint density at radius 3 is 1.76 bits per heavy atom. The van der Waals surface area contributed by atoms with Crippen molar-refractivity contribution in [2.75, 3.05) is 27.2 Å². The molecule has 1 aliphatic rings. The van der Waals surface area contributed by atoms with E-state index in [1.807, 2.05) is 25.1 Å². The van der Waals surface area contributed by atoms with Crippen LogP contribution in [0.25, 0.3) is 0 Å². The SMILES string of the molecule is C=CC.CC1CN(C)CCC1c1ccccc1.CCC.CN.Cc1ccccc1. The number of aryl methyl sites for hydroxylation is 1. The van der Waals surface area contributed by atoms with Crippen molar-refractivity contribution in [3.63, 3.8) is 0 Å². The zero-order chi connectivity index (χ0) is 22.5. The smallest absolute Gasteiger partial charge is 0.000982 e. The maximum atomic E-state index is 4.50. The van der Waals surface area contributed by atoms with Crippen molar-refractivity contribution < 1.29 is 0 Å². The standard InChI is InChI=1S/C13H19N.C7H8.C3H8.C3H6.CH5N/c1-11-10-14(2)9-8-13(11)12-6-4-3-5-7-12;1-7-5-3-2-4-6-7;2*1-3-2;1-2/h3-7,11,13H,8-10H2,1-2H3;2-6H,1H3;3H2,1-2H3;3H,1H2,2H3;2H2,1H3. The molecule has 0 saturated carbocycles. The van der Waals surface area contributed by atoms with Crippen molar-refractivity contribution >= 4 is 0 Å². The van der Waals surface area contributed by atoms with E-state index in [0.29, 0.717) is 0 Å². The van der Waals surface area contributed by atoms with Gasteiger partial charge in [0.25, 0.3) is 0 Å². The van der Waals surface area contributed by atoms with Gasteiger partial charge in [-0.25, -0.2) is 0 Å². The predicted molar refractivity (Wildman–Crippen MR) is 134 cm³/mol. The second-order valence-corrected chi connectivity index (χ2v) is 7.32. The number of nitrogens with zero attached hydrogens (tertiary/aromatic N) is 1. The van der Waals surface area contributed by atoms with Crippen molar-refractivity contribution in [1.29, 1.82) is 0 Å². The fourth-order valence-corrected chi connectivity index (χ4v) is 3.08. The molecule has 2 unspecified atom stereocenters. The molecule has 0 bridgehead atoms. The first-order valence-electron chi connectivity index (χ1n) is 10.9. The molecule has 1 saturated heterocycles. The quantitative estimate of drug-likeness (QED) is 0.528. The van der Waals surface area contributed by atoms with Gasteiger partial charge in [0.2, 0.25) is 0 Å². The molecule has 0 radical (unpaired) electrons. The summed E-state index contributed by atoms with van der Waals surface area (Å²) in [6.07, 6.45) is 4.31. The van der Waals surface area contributed by atoms with E-state index in [0.717, 1.165) is 11.8 Å². The molecular formula is C27H46N2. The predicted octanol–water partition coefficient (Wildman–Crippen LogP) is 6.92. The Hall–Kier alpha value is -1.90. The molecule has 2 aromatic rings. The highest BCUT2D eigenvalue weighted by atomic mass is 15.1. The molecule has 29 heavy (non-hydrogen) atoms. The highest BCUT2D eigenvalue weighted by Gasteiger charge is 2.24. The molecular weight excluding hydrogens is 352 g/mol. The molecule has 2 atom stereocenters. The van der Waals surface area contributed by atoms with Gasteiger partial charge >= 0.3 is 0 Å². The third-order valence-corrected chi connectivity index (χ3v) is 4.28. The molecule has 0 aliphatic carbocycles. The minimum atomic E-state index is 0.771. The first-order chi connectivity index (χ1) is 14.0. The van der Waals surface area contributed by atoms with E-state index < -0.39 is 0 Å². The molecule has 0 aromatic heterocycles. The maximum absolute atomic E-state index is 4.50. The minimum Gasteiger partial charge on any atom is -0.333 e. The first kappa shape index (κ1) is 29.3. The Kier molecular flexibility index (Phi) is 21.0. The number of hydrogen-bond acceptors (Lipinski definition) is 2. The summed E-state index contributed by atoms with van der Waals surface area (Å²) in [6.45, 7) is 16.4. The van der Waals surface area contributed by atoms with Crippen molar-refractivity contribution in [3.05, 3.63) is 84.4 Å². The van der Waals surface area contributed by atoms with E-state index in [2.05, 4.69) is 94.4 Å². The van der Waals surface area contributed by atoms with Gasteiger partial charge in [0, 0.05) is 6.54 Å². The molecule has 164 valence electrons. The Morgan fingerprint density at radius 2 is 1.41 bits per heavy atom. The normalized spacial score (nSPS) is 17.4. The second-order valence-electron chi connectivity index (χ2n) is 7.32. The summed E-state index contributed by atoms with van der Waals surface area (Å²) in [5, 5.41) is 0. The van der Waals surface area contributed by atoms with Crippen molar-refractivity contribution in [3.8, 4) is 0 Å². The van der Waals surface area contributed by atoms with Crippen LogP contribution in [0.2, 0.25) is 0 Å². The Balaban J connectivity index is 0. The highest BCUT2D eigenvalue weighted by Crippen LogP contribution is 2.31. The summed E-state index contributed by atoms with van der Waals surface area (Å²) >= 11 is 0. The van der Waals surface area contributed by atoms with E-state index in [1.54, 1.807) is 6.08 Å². The molecule has 1 heterocycles. The van der Waals surface area contributed by atoms with Crippen LogP contribution in [0.4, 0.5) is 0 Å². The highest BCUT2D eigenvalue weighted by molar-refractivity contribution is 5.20. The second kappa shape index (κ2) is 20.8. The van der Waals surface area contributed by atoms with E-state index in [9.17, 15) is 0 Å². The van der Waals surface area contributed by atoms with Crippen LogP contribution >= 0.6 is 0 Å². The Labute approximate surface area is 181 Å². The van der Waals surface area contributed by atoms with Crippen LogP contribution in [0.15, 0.2) is 73.3 Å². The molecule has 1 aliphatic heterocycles. The lowest BCUT2D eigenvalue weighted by molar-refractivity contribution is 0.195. The molecule has 2 N–H and O–H groups in total. The molecule has 3 rings (SSSR count). The summed E-state index contributed by atoms with van der Waals surface area (Å²) in [5.74, 6) is 1.56. The van der Waals surface area contributed by atoms with Crippen molar-refractivity contribution in [1.82, 2.24) is 4.90 Å². The van der Waals surface area contributed by atoms with Crippen molar-refractivity contribution in [2.24, 2.45) is 11.7 Å². The number of benzene rings is 2. The number of piperidine rings is 1. The van der Waals surface area contributed by atoms with Crippen LogP contribution in [0.1, 0.15) is 57.6 Å². The van der Waals surface area contributed by atoms with Crippen LogP contribution in [0.3, 0.4) is 0 Å². The Bertz CT molecular complexity index is 566. The average molecular weight is 399 g/mol. The third-order valence-electron chi connectivity index (χ3n) is 4.28. The average Bonchev–Trinajstić information content (AvgIpc) is 2.72. The van der Waals surface area contributed by atoms with E-state index in [4.69, 9.17) is 0 Å². The lowest BCUT2D eigenvalue weighted by atomic mass is 9.82. The lowest BCUT2D eigenvalue weighted by Crippen LogP contribution is -2.35. The van der Waals surface area contributed by atoms with Crippen molar-refractivity contribution in [2.45, 2.75) is 53.4 Å². The van der Waals surface area contributed by atoms with E-state index in [1.165, 1.54) is 44.1 Å². The number of hydrogen-bond donors (Lipinski definition) is 1. The largest absolute Gasteiger partial charge is 0.333 e. The zero-order valence-electron chi connectivity index (χ0n) is 20.1. The number of rotatable bonds is 1. The maximum Gasteiger partial charge on any atom is 0.000982 e. The van der Waals surface area contributed by atoms with Gasteiger partial charge in [-0.15, -0.1) is 6.58 Å². The van der Waals surface area contributed by atoms with Crippen LogP contribution in [0.5, 0.6) is 0 Å². The minimum absolute atomic E-state index is 0.771. The molecule has 0 amide bonds. The topological polar surface area (TPSA) is 29.3 Å². The van der Waals surface area contributed by atoms with Gasteiger partial charge in [0.1, 0.15) is 0 Å². The molecule has 2 heteroatoms. The van der Waals surface area contributed by atoms with Crippen LogP contribution in [0, 0.1) is 12.8 Å². The number of nitrogens with two attached hydrogens (primary N) is 1. The van der Waals surface area contributed by atoms with E-state index in [-0.39, 0.29) is 0 Å². The lowest BCUT2D eigenvalue weighted by Gasteiger charge is -2.35. The third kappa shape index (κ3) is 15.7. The first-order valence-corrected chi connectivity index (χ1v) is 10.9. The fraction of sp³-hybridized carbons (Fsp3) is 0.481. The fourth-order valence-electron chi connectivity index (χ4n) is 3.08. The summed E-state index contributed by atoms with van der Waals surface area (Å²) in [5.41, 5.74) is 7.34. The molecule has 0 spiro atoms. The van der Waals surface area contributed by atoms with Gasteiger partial charge in [0.05, 0.1) is 0 Å². The molecule has 1 fully saturated rings. The van der Waals surface area contributed by atoms with Crippen LogP contribution < -0.4 is 5.73 Å². The zero-order valence-corrected chi connectivity index (χ0v) is 20.1. The van der Waals surface area contributed by atoms with Gasteiger partial charge < -0.3 is 10.6 Å². The van der Waals surface area contributed by atoms with Gasteiger partial charge in [0.15, 0.2) is 0 Å². The monoisotopic (exact) mass is 398 g/mol. The summed E-state index contributed by atoms with van der Waals surface area (Å²) < 4.78 is 0. The molecule has 2 nitrogen and oxygen atoms in total. The number of likely N-dealkylation sites (tertiary alicyclic amines) is 1.